The standard InChI is InChI=1S/C14H18O2S/c15-11(8-10-4-3-5-10)13-9-17-14-7-2-1-6-12(14)16-13/h1-2,6-7,10-11,13,15H,3-5,8-9H2. The number of ether oxygens (including phenoxy) is 1. The second kappa shape index (κ2) is 4.91. The van der Waals surface area contributed by atoms with Crippen molar-refractivity contribution in [1.29, 1.82) is 0 Å². The van der Waals surface area contributed by atoms with Crippen LogP contribution < -0.4 is 4.74 Å². The monoisotopic (exact) mass is 250 g/mol. The minimum Gasteiger partial charge on any atom is -0.486 e. The van der Waals surface area contributed by atoms with Crippen LogP contribution in [0.15, 0.2) is 29.2 Å². The summed E-state index contributed by atoms with van der Waals surface area (Å²) in [4.78, 5) is 1.19. The predicted molar refractivity (Wildman–Crippen MR) is 69.5 cm³/mol. The van der Waals surface area contributed by atoms with Crippen molar-refractivity contribution in [1.82, 2.24) is 0 Å². The van der Waals surface area contributed by atoms with Gasteiger partial charge in [-0.1, -0.05) is 31.4 Å². The van der Waals surface area contributed by atoms with Crippen LogP contribution in [0, 0.1) is 5.92 Å². The summed E-state index contributed by atoms with van der Waals surface area (Å²) in [6.45, 7) is 0. The summed E-state index contributed by atoms with van der Waals surface area (Å²) in [5.41, 5.74) is 0. The van der Waals surface area contributed by atoms with Crippen LogP contribution in [-0.4, -0.2) is 23.1 Å². The molecule has 0 aromatic heterocycles. The maximum absolute atomic E-state index is 10.2. The third-order valence-corrected chi connectivity index (χ3v) is 4.90. The van der Waals surface area contributed by atoms with Crippen molar-refractivity contribution in [2.75, 3.05) is 5.75 Å². The molecular weight excluding hydrogens is 232 g/mol. The molecule has 1 aliphatic carbocycles. The SMILES string of the molecule is OC(CC1CCC1)C1CSc2ccccc2O1. The van der Waals surface area contributed by atoms with Crippen LogP contribution in [0.4, 0.5) is 0 Å². The Morgan fingerprint density at radius 1 is 1.35 bits per heavy atom. The Balaban J connectivity index is 1.62. The van der Waals surface area contributed by atoms with E-state index in [1.807, 2.05) is 18.2 Å². The lowest BCUT2D eigenvalue weighted by molar-refractivity contribution is 0.0205. The first-order chi connectivity index (χ1) is 8.33. The zero-order chi connectivity index (χ0) is 11.7. The molecule has 1 fully saturated rings. The molecule has 2 atom stereocenters. The zero-order valence-corrected chi connectivity index (χ0v) is 10.7. The molecule has 2 aliphatic rings. The number of rotatable bonds is 3. The van der Waals surface area contributed by atoms with Gasteiger partial charge in [-0.05, 0) is 24.5 Å². The van der Waals surface area contributed by atoms with E-state index < -0.39 is 0 Å². The van der Waals surface area contributed by atoms with Crippen LogP contribution in [0.5, 0.6) is 5.75 Å². The number of thioether (sulfide) groups is 1. The van der Waals surface area contributed by atoms with Crippen molar-refractivity contribution in [2.24, 2.45) is 5.92 Å². The van der Waals surface area contributed by atoms with Gasteiger partial charge in [0.1, 0.15) is 11.9 Å². The van der Waals surface area contributed by atoms with Gasteiger partial charge in [-0.2, -0.15) is 0 Å². The molecule has 3 rings (SSSR count). The quantitative estimate of drug-likeness (QED) is 0.894. The van der Waals surface area contributed by atoms with Crippen LogP contribution in [0.1, 0.15) is 25.7 Å². The summed E-state index contributed by atoms with van der Waals surface area (Å²) < 4.78 is 5.89. The topological polar surface area (TPSA) is 29.5 Å². The third kappa shape index (κ3) is 2.45. The summed E-state index contributed by atoms with van der Waals surface area (Å²) in [5, 5.41) is 10.2. The van der Waals surface area contributed by atoms with Crippen molar-refractivity contribution in [3.8, 4) is 5.75 Å². The molecule has 92 valence electrons. The van der Waals surface area contributed by atoms with Gasteiger partial charge in [0, 0.05) is 10.6 Å². The van der Waals surface area contributed by atoms with E-state index in [0.29, 0.717) is 0 Å². The molecule has 0 spiro atoms. The Kier molecular flexibility index (Phi) is 3.30. The van der Waals surface area contributed by atoms with Gasteiger partial charge in [0.15, 0.2) is 0 Å². The van der Waals surface area contributed by atoms with E-state index in [1.54, 1.807) is 11.8 Å². The maximum Gasteiger partial charge on any atom is 0.134 e. The molecule has 2 unspecified atom stereocenters. The fourth-order valence-corrected chi connectivity index (χ4v) is 3.51. The van der Waals surface area contributed by atoms with Crippen LogP contribution in [0.3, 0.4) is 0 Å². The van der Waals surface area contributed by atoms with Crippen molar-refractivity contribution in [2.45, 2.75) is 42.8 Å². The highest BCUT2D eigenvalue weighted by Crippen LogP contribution is 2.38. The van der Waals surface area contributed by atoms with E-state index in [0.717, 1.165) is 23.8 Å². The lowest BCUT2D eigenvalue weighted by Crippen LogP contribution is -2.38. The summed E-state index contributed by atoms with van der Waals surface area (Å²) in [6.07, 6.45) is 4.48. The summed E-state index contributed by atoms with van der Waals surface area (Å²) in [6, 6.07) is 8.08. The molecule has 17 heavy (non-hydrogen) atoms. The largest absolute Gasteiger partial charge is 0.486 e. The fraction of sp³-hybridized carbons (Fsp3) is 0.571. The molecule has 1 aromatic rings. The Bertz CT molecular complexity index is 390. The number of fused-ring (bicyclic) bond motifs is 1. The van der Waals surface area contributed by atoms with Crippen LogP contribution in [0.25, 0.3) is 0 Å². The number of benzene rings is 1. The molecule has 1 aromatic carbocycles. The maximum atomic E-state index is 10.2. The summed E-state index contributed by atoms with van der Waals surface area (Å²) in [5.74, 6) is 2.53. The Morgan fingerprint density at radius 3 is 2.94 bits per heavy atom. The van der Waals surface area contributed by atoms with Gasteiger partial charge in [0.25, 0.3) is 0 Å². The number of hydrogen-bond acceptors (Lipinski definition) is 3. The smallest absolute Gasteiger partial charge is 0.134 e. The molecule has 0 amide bonds. The van der Waals surface area contributed by atoms with E-state index in [9.17, 15) is 5.11 Å². The van der Waals surface area contributed by atoms with Gasteiger partial charge in [-0.15, -0.1) is 11.8 Å². The Hall–Kier alpha value is -0.670. The fourth-order valence-electron chi connectivity index (χ4n) is 2.45. The average molecular weight is 250 g/mol. The molecule has 1 aliphatic heterocycles. The van der Waals surface area contributed by atoms with E-state index in [4.69, 9.17) is 4.74 Å². The first-order valence-electron chi connectivity index (χ1n) is 6.39. The molecule has 3 heteroatoms. The first-order valence-corrected chi connectivity index (χ1v) is 7.38. The summed E-state index contributed by atoms with van der Waals surface area (Å²) >= 11 is 1.79. The van der Waals surface area contributed by atoms with Gasteiger partial charge in [0.2, 0.25) is 0 Å². The number of para-hydroxylation sites is 1. The van der Waals surface area contributed by atoms with Gasteiger partial charge >= 0.3 is 0 Å². The van der Waals surface area contributed by atoms with Crippen molar-refractivity contribution >= 4 is 11.8 Å². The number of hydrogen-bond donors (Lipinski definition) is 1. The number of aliphatic hydroxyl groups is 1. The normalized spacial score (nSPS) is 25.6. The molecule has 1 heterocycles. The van der Waals surface area contributed by atoms with E-state index >= 15 is 0 Å². The van der Waals surface area contributed by atoms with E-state index in [1.165, 1.54) is 24.2 Å². The minimum atomic E-state index is -0.304. The van der Waals surface area contributed by atoms with Crippen LogP contribution >= 0.6 is 11.8 Å². The highest BCUT2D eigenvalue weighted by molar-refractivity contribution is 7.99. The molecule has 2 nitrogen and oxygen atoms in total. The van der Waals surface area contributed by atoms with E-state index in [-0.39, 0.29) is 12.2 Å². The third-order valence-electron chi connectivity index (χ3n) is 3.76. The molecule has 1 saturated carbocycles. The molecule has 0 bridgehead atoms. The van der Waals surface area contributed by atoms with Gasteiger partial charge in [-0.3, -0.25) is 0 Å². The van der Waals surface area contributed by atoms with Crippen molar-refractivity contribution in [3.63, 3.8) is 0 Å². The Morgan fingerprint density at radius 2 is 2.18 bits per heavy atom. The zero-order valence-electron chi connectivity index (χ0n) is 9.84. The lowest BCUT2D eigenvalue weighted by Gasteiger charge is -2.33. The second-order valence-corrected chi connectivity index (χ2v) is 6.08. The summed E-state index contributed by atoms with van der Waals surface area (Å²) in [7, 11) is 0. The molecule has 0 saturated heterocycles. The van der Waals surface area contributed by atoms with Gasteiger partial charge < -0.3 is 9.84 Å². The van der Waals surface area contributed by atoms with Gasteiger partial charge in [0.05, 0.1) is 6.10 Å². The van der Waals surface area contributed by atoms with Crippen molar-refractivity contribution in [3.05, 3.63) is 24.3 Å². The first kappa shape index (κ1) is 11.4. The molecule has 0 radical (unpaired) electrons. The lowest BCUT2D eigenvalue weighted by atomic mass is 9.81. The molecule has 1 N–H and O–H groups in total. The van der Waals surface area contributed by atoms with Crippen LogP contribution in [-0.2, 0) is 0 Å². The number of aliphatic hydroxyl groups excluding tert-OH is 1. The van der Waals surface area contributed by atoms with Crippen molar-refractivity contribution < 1.29 is 9.84 Å². The van der Waals surface area contributed by atoms with Crippen LogP contribution in [0.2, 0.25) is 0 Å². The second-order valence-electron chi connectivity index (χ2n) is 5.01. The highest BCUT2D eigenvalue weighted by atomic mass is 32.2. The highest BCUT2D eigenvalue weighted by Gasteiger charge is 2.30. The predicted octanol–water partition coefficient (Wildman–Crippen LogP) is 3.09. The minimum absolute atomic E-state index is 0.0319. The molecular formula is C14H18O2S. The Labute approximate surface area is 106 Å². The van der Waals surface area contributed by atoms with Gasteiger partial charge in [-0.25, -0.2) is 0 Å². The average Bonchev–Trinajstić information content (AvgIpc) is 2.33. The van der Waals surface area contributed by atoms with E-state index in [2.05, 4.69) is 6.07 Å².